The lowest BCUT2D eigenvalue weighted by Crippen LogP contribution is -2.52. The highest BCUT2D eigenvalue weighted by atomic mass is 16.5. The standard InChI is InChI=1S/C25H38N4O6/c1-16(2)13-20-19(25(33)34)5-3-12-35-18-8-6-17(7-9-18)14-21(29-23(20)31)24(32)28-15-22(30)27-11-4-10-26/h6-9,16,19-21H,3-5,10-15,26H2,1-2H3,(H,27,30)(H,28,32)(H,29,31)(H,33,34)/t19-,20+,21?/m0/s1. The van der Waals surface area contributed by atoms with Crippen LogP contribution < -0.4 is 26.4 Å². The summed E-state index contributed by atoms with van der Waals surface area (Å²) in [6.45, 7) is 4.81. The smallest absolute Gasteiger partial charge is 0.307 e. The molecular formula is C25H38N4O6. The van der Waals surface area contributed by atoms with Gasteiger partial charge >= 0.3 is 5.97 Å². The summed E-state index contributed by atoms with van der Waals surface area (Å²) < 4.78 is 5.73. The number of carboxylic acids is 1. The fourth-order valence-corrected chi connectivity index (χ4v) is 4.08. The van der Waals surface area contributed by atoms with E-state index in [0.29, 0.717) is 44.7 Å². The van der Waals surface area contributed by atoms with E-state index in [1.807, 2.05) is 26.0 Å². The second kappa shape index (κ2) is 14.3. The minimum Gasteiger partial charge on any atom is -0.494 e. The van der Waals surface area contributed by atoms with Crippen LogP contribution in [-0.4, -0.2) is 61.1 Å². The molecule has 3 amide bonds. The maximum absolute atomic E-state index is 13.3. The molecule has 2 aliphatic rings. The third-order valence-electron chi connectivity index (χ3n) is 5.92. The first-order chi connectivity index (χ1) is 16.7. The number of fused-ring (bicyclic) bond motifs is 11. The zero-order chi connectivity index (χ0) is 25.8. The number of nitrogens with two attached hydrogens (primary N) is 1. The van der Waals surface area contributed by atoms with E-state index < -0.39 is 35.7 Å². The molecule has 2 bridgehead atoms. The number of nitrogens with one attached hydrogen (secondary N) is 3. The highest BCUT2D eigenvalue weighted by molar-refractivity contribution is 5.92. The highest BCUT2D eigenvalue weighted by Gasteiger charge is 2.36. The molecule has 10 heteroatoms. The van der Waals surface area contributed by atoms with Crippen molar-refractivity contribution in [3.05, 3.63) is 29.8 Å². The minimum absolute atomic E-state index is 0.0824. The van der Waals surface area contributed by atoms with Crippen molar-refractivity contribution in [2.75, 3.05) is 26.2 Å². The van der Waals surface area contributed by atoms with Gasteiger partial charge in [-0.25, -0.2) is 0 Å². The number of aliphatic carboxylic acids is 1. The fraction of sp³-hybridized carbons (Fsp3) is 0.600. The van der Waals surface area contributed by atoms with Crippen molar-refractivity contribution >= 4 is 23.7 Å². The van der Waals surface area contributed by atoms with E-state index in [1.54, 1.807) is 12.1 Å². The van der Waals surface area contributed by atoms with Crippen LogP contribution in [0.3, 0.4) is 0 Å². The Balaban J connectivity index is 2.25. The molecule has 6 N–H and O–H groups in total. The SMILES string of the molecule is CC(C)C[C@H]1C(=O)NC(C(=O)NCC(=O)NCCCN)Cc2ccc(cc2)OCCC[C@@H]1C(=O)O. The molecule has 0 aliphatic carbocycles. The third kappa shape index (κ3) is 9.56. The number of carbonyl (C=O) groups excluding carboxylic acids is 3. The van der Waals surface area contributed by atoms with Crippen molar-refractivity contribution in [2.45, 2.75) is 52.0 Å². The second-order valence-corrected chi connectivity index (χ2v) is 9.29. The molecule has 1 unspecified atom stereocenters. The van der Waals surface area contributed by atoms with Crippen LogP contribution >= 0.6 is 0 Å². The summed E-state index contributed by atoms with van der Waals surface area (Å²) in [5.41, 5.74) is 6.21. The van der Waals surface area contributed by atoms with Gasteiger partial charge in [0.15, 0.2) is 0 Å². The van der Waals surface area contributed by atoms with Gasteiger partial charge in [-0.2, -0.15) is 0 Å². The van der Waals surface area contributed by atoms with Crippen LogP contribution in [0.4, 0.5) is 0 Å². The van der Waals surface area contributed by atoms with Crippen molar-refractivity contribution in [1.29, 1.82) is 0 Å². The molecule has 1 aromatic rings. The van der Waals surface area contributed by atoms with Gasteiger partial charge in [-0.1, -0.05) is 26.0 Å². The number of carboxylic acid groups (broad SMARTS) is 1. The van der Waals surface area contributed by atoms with Gasteiger partial charge < -0.3 is 31.5 Å². The average molecular weight is 491 g/mol. The van der Waals surface area contributed by atoms with E-state index >= 15 is 0 Å². The Kier molecular flexibility index (Phi) is 11.5. The Hall–Kier alpha value is -3.14. The second-order valence-electron chi connectivity index (χ2n) is 9.29. The molecule has 0 saturated heterocycles. The molecule has 2 aliphatic heterocycles. The van der Waals surface area contributed by atoms with Gasteiger partial charge in [0.1, 0.15) is 11.8 Å². The van der Waals surface area contributed by atoms with Gasteiger partial charge in [0, 0.05) is 13.0 Å². The number of carbonyl (C=O) groups is 4. The van der Waals surface area contributed by atoms with E-state index in [9.17, 15) is 24.3 Å². The van der Waals surface area contributed by atoms with Crippen molar-refractivity contribution in [2.24, 2.45) is 23.5 Å². The zero-order valence-electron chi connectivity index (χ0n) is 20.5. The van der Waals surface area contributed by atoms with E-state index in [4.69, 9.17) is 10.5 Å². The Labute approximate surface area is 206 Å². The average Bonchev–Trinajstić information content (AvgIpc) is 2.81. The van der Waals surface area contributed by atoms with Crippen LogP contribution in [0.1, 0.15) is 45.1 Å². The number of hydrogen-bond acceptors (Lipinski definition) is 6. The number of ether oxygens (including phenoxy) is 1. The van der Waals surface area contributed by atoms with E-state index in [-0.39, 0.29) is 31.2 Å². The Morgan fingerprint density at radius 3 is 2.54 bits per heavy atom. The molecule has 0 fully saturated rings. The molecule has 0 saturated carbocycles. The predicted molar refractivity (Wildman–Crippen MR) is 131 cm³/mol. The number of rotatable bonds is 9. The maximum Gasteiger partial charge on any atom is 0.307 e. The predicted octanol–water partition coefficient (Wildman–Crippen LogP) is 0.831. The highest BCUT2D eigenvalue weighted by Crippen LogP contribution is 2.27. The largest absolute Gasteiger partial charge is 0.494 e. The van der Waals surface area contributed by atoms with E-state index in [1.165, 1.54) is 0 Å². The summed E-state index contributed by atoms with van der Waals surface area (Å²) in [5, 5.41) is 17.9. The topological polar surface area (TPSA) is 160 Å². The normalized spacial score (nSPS) is 20.9. The summed E-state index contributed by atoms with van der Waals surface area (Å²) in [6.07, 6.45) is 1.93. The molecule has 1 aromatic carbocycles. The fourth-order valence-electron chi connectivity index (χ4n) is 4.08. The first kappa shape index (κ1) is 28.1. The van der Waals surface area contributed by atoms with Crippen LogP contribution in [-0.2, 0) is 25.6 Å². The molecule has 10 nitrogen and oxygen atoms in total. The van der Waals surface area contributed by atoms with Gasteiger partial charge in [0.2, 0.25) is 17.7 Å². The molecule has 3 rings (SSSR count). The van der Waals surface area contributed by atoms with Crippen molar-refractivity contribution in [1.82, 2.24) is 16.0 Å². The number of hydrogen-bond donors (Lipinski definition) is 5. The van der Waals surface area contributed by atoms with Crippen LogP contribution in [0.2, 0.25) is 0 Å². The summed E-state index contributed by atoms with van der Waals surface area (Å²) in [7, 11) is 0. The first-order valence-electron chi connectivity index (χ1n) is 12.2. The maximum atomic E-state index is 13.3. The summed E-state index contributed by atoms with van der Waals surface area (Å²) in [4.78, 5) is 50.4. The van der Waals surface area contributed by atoms with E-state index in [0.717, 1.165) is 5.56 Å². The van der Waals surface area contributed by atoms with Crippen LogP contribution in [0.25, 0.3) is 0 Å². The van der Waals surface area contributed by atoms with Gasteiger partial charge in [-0.05, 0) is 55.8 Å². The Morgan fingerprint density at radius 1 is 1.20 bits per heavy atom. The first-order valence-corrected chi connectivity index (χ1v) is 12.2. The van der Waals surface area contributed by atoms with Crippen molar-refractivity contribution in [3.63, 3.8) is 0 Å². The van der Waals surface area contributed by atoms with Crippen LogP contribution in [0.5, 0.6) is 5.75 Å². The summed E-state index contributed by atoms with van der Waals surface area (Å²) in [5.74, 6) is -3.37. The Morgan fingerprint density at radius 2 is 1.91 bits per heavy atom. The van der Waals surface area contributed by atoms with Crippen molar-refractivity contribution < 1.29 is 29.0 Å². The molecule has 0 radical (unpaired) electrons. The number of benzene rings is 1. The van der Waals surface area contributed by atoms with Crippen LogP contribution in [0.15, 0.2) is 24.3 Å². The van der Waals surface area contributed by atoms with Crippen molar-refractivity contribution in [3.8, 4) is 5.75 Å². The molecule has 0 aromatic heterocycles. The lowest BCUT2D eigenvalue weighted by molar-refractivity contribution is -0.148. The molecule has 3 atom stereocenters. The summed E-state index contributed by atoms with van der Waals surface area (Å²) >= 11 is 0. The molecular weight excluding hydrogens is 452 g/mol. The van der Waals surface area contributed by atoms with Gasteiger partial charge in [-0.15, -0.1) is 0 Å². The van der Waals surface area contributed by atoms with Crippen LogP contribution in [0, 0.1) is 17.8 Å². The van der Waals surface area contributed by atoms with Gasteiger partial charge in [0.25, 0.3) is 0 Å². The lowest BCUT2D eigenvalue weighted by Gasteiger charge is -2.28. The zero-order valence-corrected chi connectivity index (χ0v) is 20.5. The molecule has 2 heterocycles. The number of amides is 3. The van der Waals surface area contributed by atoms with Gasteiger partial charge in [0.05, 0.1) is 25.0 Å². The monoisotopic (exact) mass is 490 g/mol. The third-order valence-corrected chi connectivity index (χ3v) is 5.92. The van der Waals surface area contributed by atoms with Gasteiger partial charge in [-0.3, -0.25) is 19.2 Å². The van der Waals surface area contributed by atoms with E-state index in [2.05, 4.69) is 16.0 Å². The Bertz CT molecular complexity index is 858. The molecule has 194 valence electrons. The minimum atomic E-state index is -1.05. The molecule has 35 heavy (non-hydrogen) atoms. The quantitative estimate of drug-likeness (QED) is 0.321. The summed E-state index contributed by atoms with van der Waals surface area (Å²) in [6, 6.07) is 6.22. The lowest BCUT2D eigenvalue weighted by atomic mass is 9.81. The molecule has 0 spiro atoms.